The SMILES string of the molecule is O=C1CCC(C(=O)Nc2ncc(-c3ccc(Oc4ccccc4)cc3)s2)n2cccc21. The third-order valence-corrected chi connectivity index (χ3v) is 6.16. The number of amides is 1. The van der Waals surface area contributed by atoms with E-state index in [1.807, 2.05) is 54.6 Å². The van der Waals surface area contributed by atoms with E-state index >= 15 is 0 Å². The Hall–Kier alpha value is -3.71. The summed E-state index contributed by atoms with van der Waals surface area (Å²) < 4.78 is 7.58. The van der Waals surface area contributed by atoms with Gasteiger partial charge in [0.15, 0.2) is 10.9 Å². The molecule has 1 aliphatic rings. The molecule has 7 heteroatoms. The number of ether oxygens (including phenoxy) is 1. The molecule has 6 nitrogen and oxygen atoms in total. The molecule has 154 valence electrons. The minimum Gasteiger partial charge on any atom is -0.457 e. The number of thiazole rings is 1. The summed E-state index contributed by atoms with van der Waals surface area (Å²) in [5.41, 5.74) is 1.58. The maximum absolute atomic E-state index is 12.8. The second-order valence-corrected chi connectivity index (χ2v) is 8.27. The number of rotatable bonds is 5. The zero-order valence-electron chi connectivity index (χ0n) is 16.5. The fourth-order valence-corrected chi connectivity index (χ4v) is 4.48. The van der Waals surface area contributed by atoms with Crippen LogP contribution >= 0.6 is 11.3 Å². The summed E-state index contributed by atoms with van der Waals surface area (Å²) in [5, 5.41) is 3.44. The first-order chi connectivity index (χ1) is 15.2. The Morgan fingerprint density at radius 1 is 1.03 bits per heavy atom. The van der Waals surface area contributed by atoms with Crippen LogP contribution in [0.3, 0.4) is 0 Å². The molecular weight excluding hydrogens is 410 g/mol. The molecule has 0 fully saturated rings. The van der Waals surface area contributed by atoms with Crippen molar-refractivity contribution in [2.45, 2.75) is 18.9 Å². The number of hydrogen-bond acceptors (Lipinski definition) is 5. The molecule has 1 amide bonds. The van der Waals surface area contributed by atoms with Crippen LogP contribution in [-0.2, 0) is 4.79 Å². The van der Waals surface area contributed by atoms with Crippen LogP contribution in [-0.4, -0.2) is 21.2 Å². The van der Waals surface area contributed by atoms with Gasteiger partial charge in [0.1, 0.15) is 17.5 Å². The number of aromatic nitrogens is 2. The minimum absolute atomic E-state index is 0.0743. The topological polar surface area (TPSA) is 73.2 Å². The van der Waals surface area contributed by atoms with Crippen molar-refractivity contribution in [3.8, 4) is 21.9 Å². The van der Waals surface area contributed by atoms with Crippen molar-refractivity contribution >= 4 is 28.2 Å². The smallest absolute Gasteiger partial charge is 0.249 e. The highest BCUT2D eigenvalue weighted by atomic mass is 32.1. The fourth-order valence-electron chi connectivity index (χ4n) is 3.66. The van der Waals surface area contributed by atoms with Gasteiger partial charge in [0.05, 0.1) is 10.6 Å². The van der Waals surface area contributed by atoms with Crippen LogP contribution in [0.1, 0.15) is 29.4 Å². The molecule has 0 saturated carbocycles. The van der Waals surface area contributed by atoms with Gasteiger partial charge in [-0.1, -0.05) is 29.5 Å². The molecule has 3 heterocycles. The number of Topliss-reactive ketones (excluding diaryl/α,β-unsaturated/α-hetero) is 1. The molecule has 1 N–H and O–H groups in total. The van der Waals surface area contributed by atoms with Crippen LogP contribution in [0.4, 0.5) is 5.13 Å². The molecular formula is C24H19N3O3S. The number of nitrogens with zero attached hydrogens (tertiary/aromatic N) is 2. The predicted molar refractivity (Wildman–Crippen MR) is 120 cm³/mol. The van der Waals surface area contributed by atoms with E-state index in [1.165, 1.54) is 11.3 Å². The van der Waals surface area contributed by atoms with E-state index in [9.17, 15) is 9.59 Å². The number of hydrogen-bond donors (Lipinski definition) is 1. The van der Waals surface area contributed by atoms with Crippen molar-refractivity contribution in [1.29, 1.82) is 0 Å². The zero-order valence-corrected chi connectivity index (χ0v) is 17.3. The average molecular weight is 430 g/mol. The lowest BCUT2D eigenvalue weighted by molar-refractivity contribution is -0.119. The van der Waals surface area contributed by atoms with Crippen LogP contribution in [0, 0.1) is 0 Å². The molecule has 5 rings (SSSR count). The standard InChI is InChI=1S/C24H19N3O3S/c28-21-13-12-20(27-14-4-7-19(21)27)23(29)26-24-25-15-22(31-24)16-8-10-18(11-9-16)30-17-5-2-1-3-6-17/h1-11,14-15,20H,12-13H2,(H,25,26,29). The van der Waals surface area contributed by atoms with Crippen molar-refractivity contribution in [1.82, 2.24) is 9.55 Å². The molecule has 1 atom stereocenters. The number of ketones is 1. The van der Waals surface area contributed by atoms with Crippen molar-refractivity contribution in [3.63, 3.8) is 0 Å². The van der Waals surface area contributed by atoms with E-state index in [0.717, 1.165) is 21.9 Å². The van der Waals surface area contributed by atoms with Gasteiger partial charge in [-0.25, -0.2) is 4.98 Å². The predicted octanol–water partition coefficient (Wildman–Crippen LogP) is 5.56. The summed E-state index contributed by atoms with van der Waals surface area (Å²) in [4.78, 5) is 30.1. The van der Waals surface area contributed by atoms with Gasteiger partial charge in [-0.2, -0.15) is 0 Å². The summed E-state index contributed by atoms with van der Waals surface area (Å²) in [6.45, 7) is 0. The number of carbonyl (C=O) groups excluding carboxylic acids is 2. The quantitative estimate of drug-likeness (QED) is 0.451. The summed E-state index contributed by atoms with van der Waals surface area (Å²) in [7, 11) is 0. The molecule has 0 saturated heterocycles. The van der Waals surface area contributed by atoms with E-state index in [-0.39, 0.29) is 11.7 Å². The van der Waals surface area contributed by atoms with Crippen molar-refractivity contribution < 1.29 is 14.3 Å². The molecule has 1 unspecified atom stereocenters. The molecule has 1 aliphatic heterocycles. The summed E-state index contributed by atoms with van der Waals surface area (Å²) in [5.74, 6) is 1.46. The second-order valence-electron chi connectivity index (χ2n) is 7.24. The minimum atomic E-state index is -0.399. The maximum atomic E-state index is 12.8. The van der Waals surface area contributed by atoms with Crippen LogP contribution < -0.4 is 10.1 Å². The number of benzene rings is 2. The van der Waals surface area contributed by atoms with E-state index in [2.05, 4.69) is 10.3 Å². The van der Waals surface area contributed by atoms with Crippen molar-refractivity contribution in [2.24, 2.45) is 0 Å². The number of fused-ring (bicyclic) bond motifs is 1. The summed E-state index contributed by atoms with van der Waals surface area (Å²) in [6.07, 6.45) is 4.40. The largest absolute Gasteiger partial charge is 0.457 e. The van der Waals surface area contributed by atoms with Crippen LogP contribution in [0.5, 0.6) is 11.5 Å². The Morgan fingerprint density at radius 2 is 1.81 bits per heavy atom. The molecule has 2 aromatic carbocycles. The highest BCUT2D eigenvalue weighted by Gasteiger charge is 2.29. The first-order valence-corrected chi connectivity index (χ1v) is 10.8. The van der Waals surface area contributed by atoms with Gasteiger partial charge >= 0.3 is 0 Å². The first kappa shape index (κ1) is 19.3. The molecule has 0 radical (unpaired) electrons. The van der Waals surface area contributed by atoms with Gasteiger partial charge in [0.2, 0.25) is 5.91 Å². The van der Waals surface area contributed by atoms with Gasteiger partial charge in [-0.05, 0) is 60.5 Å². The monoisotopic (exact) mass is 429 g/mol. The maximum Gasteiger partial charge on any atom is 0.249 e. The molecule has 2 aromatic heterocycles. The lowest BCUT2D eigenvalue weighted by Gasteiger charge is -2.24. The normalized spacial score (nSPS) is 15.4. The Bertz CT molecular complexity index is 1230. The number of carbonyl (C=O) groups is 2. The number of anilines is 1. The first-order valence-electron chi connectivity index (χ1n) is 9.97. The summed E-state index contributed by atoms with van der Waals surface area (Å²) >= 11 is 1.41. The Balaban J connectivity index is 1.27. The van der Waals surface area contributed by atoms with Gasteiger partial charge in [0, 0.05) is 18.8 Å². The van der Waals surface area contributed by atoms with Crippen LogP contribution in [0.2, 0.25) is 0 Å². The van der Waals surface area contributed by atoms with Crippen LogP contribution in [0.25, 0.3) is 10.4 Å². The average Bonchev–Trinajstić information content (AvgIpc) is 3.46. The van der Waals surface area contributed by atoms with E-state index in [4.69, 9.17) is 4.74 Å². The van der Waals surface area contributed by atoms with Crippen LogP contribution in [0.15, 0.2) is 79.1 Å². The third kappa shape index (κ3) is 4.00. The molecule has 0 bridgehead atoms. The third-order valence-electron chi connectivity index (χ3n) is 5.20. The molecule has 31 heavy (non-hydrogen) atoms. The van der Waals surface area contributed by atoms with Gasteiger partial charge < -0.3 is 14.6 Å². The Labute approximate surface area is 183 Å². The highest BCUT2D eigenvalue weighted by molar-refractivity contribution is 7.19. The summed E-state index contributed by atoms with van der Waals surface area (Å²) in [6, 6.07) is 20.5. The van der Waals surface area contributed by atoms with E-state index in [1.54, 1.807) is 29.1 Å². The number of para-hydroxylation sites is 1. The lowest BCUT2D eigenvalue weighted by Crippen LogP contribution is -2.31. The Morgan fingerprint density at radius 3 is 2.61 bits per heavy atom. The van der Waals surface area contributed by atoms with E-state index in [0.29, 0.717) is 23.7 Å². The van der Waals surface area contributed by atoms with Crippen molar-refractivity contribution in [3.05, 3.63) is 84.8 Å². The molecule has 4 aromatic rings. The van der Waals surface area contributed by atoms with Gasteiger partial charge in [0.25, 0.3) is 0 Å². The fraction of sp³-hybridized carbons (Fsp3) is 0.125. The Kier molecular flexibility index (Phi) is 5.09. The van der Waals surface area contributed by atoms with Gasteiger partial charge in [-0.15, -0.1) is 0 Å². The lowest BCUT2D eigenvalue weighted by atomic mass is 10.0. The van der Waals surface area contributed by atoms with Crippen molar-refractivity contribution in [2.75, 3.05) is 5.32 Å². The number of nitrogens with one attached hydrogen (secondary N) is 1. The zero-order chi connectivity index (χ0) is 21.2. The molecule has 0 spiro atoms. The molecule has 0 aliphatic carbocycles. The second kappa shape index (κ2) is 8.20. The van der Waals surface area contributed by atoms with Gasteiger partial charge in [-0.3, -0.25) is 9.59 Å². The highest BCUT2D eigenvalue weighted by Crippen LogP contribution is 2.32. The van der Waals surface area contributed by atoms with E-state index < -0.39 is 6.04 Å².